The Morgan fingerprint density at radius 3 is 2.56 bits per heavy atom. The van der Waals surface area contributed by atoms with Crippen LogP contribution in [0.4, 0.5) is 0 Å². The third-order valence-electron chi connectivity index (χ3n) is 5.45. The quantitative estimate of drug-likeness (QED) is 0.791. The zero-order valence-corrected chi connectivity index (χ0v) is 16.8. The molecule has 27 heavy (non-hydrogen) atoms. The number of sulfonamides is 1. The number of likely N-dealkylation sites (tertiary alicyclic amines) is 1. The molecule has 0 saturated carbocycles. The van der Waals surface area contributed by atoms with Crippen molar-refractivity contribution in [1.82, 2.24) is 9.21 Å². The Hall–Kier alpha value is -1.70. The van der Waals surface area contributed by atoms with E-state index < -0.39 is 10.0 Å². The number of carbonyl (C=O) groups is 1. The minimum absolute atomic E-state index is 0.149. The minimum Gasteiger partial charge on any atom is -0.335 e. The van der Waals surface area contributed by atoms with Gasteiger partial charge in [-0.2, -0.15) is 4.31 Å². The summed E-state index contributed by atoms with van der Waals surface area (Å²) in [6.07, 6.45) is 4.06. The molecule has 1 N–H and O–H groups in total. The molecule has 0 bridgehead atoms. The van der Waals surface area contributed by atoms with Gasteiger partial charge in [0.25, 0.3) is 5.91 Å². The van der Waals surface area contributed by atoms with Gasteiger partial charge < -0.3 is 9.80 Å². The third kappa shape index (κ3) is 5.64. The van der Waals surface area contributed by atoms with Gasteiger partial charge in [0.2, 0.25) is 10.0 Å². The van der Waals surface area contributed by atoms with Gasteiger partial charge in [-0.15, -0.1) is 0 Å². The summed E-state index contributed by atoms with van der Waals surface area (Å²) >= 11 is 0. The maximum atomic E-state index is 12.6. The van der Waals surface area contributed by atoms with E-state index in [0.717, 1.165) is 18.7 Å². The van der Waals surface area contributed by atoms with Gasteiger partial charge in [0.15, 0.2) is 6.54 Å². The number of quaternary nitrogens is 1. The lowest BCUT2D eigenvalue weighted by molar-refractivity contribution is -0.900. The van der Waals surface area contributed by atoms with E-state index in [4.69, 9.17) is 0 Å². The highest BCUT2D eigenvalue weighted by Crippen LogP contribution is 2.12. The van der Waals surface area contributed by atoms with E-state index in [2.05, 4.69) is 6.92 Å². The number of carbonyl (C=O) groups excluding carboxylic acids is 1. The first-order valence-corrected chi connectivity index (χ1v) is 11.3. The van der Waals surface area contributed by atoms with Gasteiger partial charge in [-0.1, -0.05) is 37.3 Å². The second kappa shape index (κ2) is 8.99. The molecule has 148 valence electrons. The molecule has 0 radical (unpaired) electrons. The molecule has 0 aromatic heterocycles. The molecule has 7 heteroatoms. The van der Waals surface area contributed by atoms with E-state index in [0.29, 0.717) is 38.6 Å². The van der Waals surface area contributed by atoms with Crippen LogP contribution in [0.5, 0.6) is 0 Å². The maximum absolute atomic E-state index is 12.6. The Kier molecular flexibility index (Phi) is 6.68. The van der Waals surface area contributed by atoms with Crippen molar-refractivity contribution in [1.29, 1.82) is 0 Å². The molecule has 1 unspecified atom stereocenters. The lowest BCUT2D eigenvalue weighted by atomic mass is 10.0. The SMILES string of the molecule is C[C@@H]1CCC[NH+](CC(=O)N2CCN(S(=O)(=O)/C=C/c3ccccc3)CC2)C1. The van der Waals surface area contributed by atoms with Gasteiger partial charge >= 0.3 is 0 Å². The fourth-order valence-electron chi connectivity index (χ4n) is 3.89. The van der Waals surface area contributed by atoms with Crippen molar-refractivity contribution in [3.63, 3.8) is 0 Å². The second-order valence-electron chi connectivity index (χ2n) is 7.67. The van der Waals surface area contributed by atoms with Crippen LogP contribution in [0, 0.1) is 5.92 Å². The highest BCUT2D eigenvalue weighted by Gasteiger charge is 2.30. The summed E-state index contributed by atoms with van der Waals surface area (Å²) < 4.78 is 26.5. The number of hydrogen-bond donors (Lipinski definition) is 1. The average Bonchev–Trinajstić information content (AvgIpc) is 2.67. The van der Waals surface area contributed by atoms with Gasteiger partial charge in [-0.3, -0.25) is 4.79 Å². The third-order valence-corrected chi connectivity index (χ3v) is 7.01. The fraction of sp³-hybridized carbons (Fsp3) is 0.550. The van der Waals surface area contributed by atoms with Crippen LogP contribution in [0.25, 0.3) is 6.08 Å². The molecule has 6 nitrogen and oxygen atoms in total. The van der Waals surface area contributed by atoms with Gasteiger partial charge in [-0.05, 0) is 24.5 Å². The standard InChI is InChI=1S/C20H29N3O3S/c1-18-6-5-10-21(16-18)17-20(24)22-11-13-23(14-12-22)27(25,26)15-9-19-7-3-2-4-8-19/h2-4,7-9,15,18H,5-6,10-14,16-17H2,1H3/p+1/b15-9+/t18-/m1/s1. The van der Waals surface area contributed by atoms with Crippen LogP contribution in [-0.4, -0.2) is 69.3 Å². The maximum Gasteiger partial charge on any atom is 0.277 e. The normalized spacial score (nSPS) is 25.0. The molecule has 2 fully saturated rings. The zero-order chi connectivity index (χ0) is 19.3. The zero-order valence-electron chi connectivity index (χ0n) is 16.0. The first kappa shape index (κ1) is 20.0. The van der Waals surface area contributed by atoms with E-state index in [1.807, 2.05) is 35.2 Å². The molecule has 2 aliphatic rings. The molecule has 1 aromatic carbocycles. The van der Waals surface area contributed by atoms with Gasteiger partial charge in [0.05, 0.1) is 13.1 Å². The van der Waals surface area contributed by atoms with Crippen LogP contribution >= 0.6 is 0 Å². The molecule has 2 saturated heterocycles. The molecular weight excluding hydrogens is 362 g/mol. The smallest absolute Gasteiger partial charge is 0.277 e. The van der Waals surface area contributed by atoms with Crippen LogP contribution < -0.4 is 4.90 Å². The lowest BCUT2D eigenvalue weighted by Gasteiger charge is -2.35. The van der Waals surface area contributed by atoms with E-state index in [1.165, 1.54) is 27.5 Å². The highest BCUT2D eigenvalue weighted by molar-refractivity contribution is 7.92. The number of nitrogens with one attached hydrogen (secondary N) is 1. The van der Waals surface area contributed by atoms with E-state index >= 15 is 0 Å². The Morgan fingerprint density at radius 1 is 1.19 bits per heavy atom. The summed E-state index contributed by atoms with van der Waals surface area (Å²) in [4.78, 5) is 15.7. The van der Waals surface area contributed by atoms with E-state index in [1.54, 1.807) is 6.08 Å². The fourth-order valence-corrected chi connectivity index (χ4v) is 5.06. The van der Waals surface area contributed by atoms with Crippen LogP contribution in [0.3, 0.4) is 0 Å². The molecule has 0 aliphatic carbocycles. The van der Waals surface area contributed by atoms with Crippen molar-refractivity contribution in [3.05, 3.63) is 41.3 Å². The van der Waals surface area contributed by atoms with Crippen LogP contribution in [0.15, 0.2) is 35.7 Å². The summed E-state index contributed by atoms with van der Waals surface area (Å²) in [5, 5.41) is 1.26. The second-order valence-corrected chi connectivity index (χ2v) is 9.49. The summed E-state index contributed by atoms with van der Waals surface area (Å²) in [5.74, 6) is 0.830. The highest BCUT2D eigenvalue weighted by atomic mass is 32.2. The number of piperazine rings is 1. The summed E-state index contributed by atoms with van der Waals surface area (Å²) in [5.41, 5.74) is 0.855. The number of piperidine rings is 1. The Balaban J connectivity index is 1.50. The molecule has 1 amide bonds. The number of nitrogens with zero attached hydrogens (tertiary/aromatic N) is 2. The van der Waals surface area contributed by atoms with Crippen molar-refractivity contribution in [2.24, 2.45) is 5.92 Å². The van der Waals surface area contributed by atoms with Crippen molar-refractivity contribution < 1.29 is 18.1 Å². The van der Waals surface area contributed by atoms with Crippen molar-refractivity contribution >= 4 is 22.0 Å². The van der Waals surface area contributed by atoms with Crippen molar-refractivity contribution in [2.45, 2.75) is 19.8 Å². The van der Waals surface area contributed by atoms with Crippen molar-refractivity contribution in [3.8, 4) is 0 Å². The largest absolute Gasteiger partial charge is 0.335 e. The first-order valence-electron chi connectivity index (χ1n) is 9.79. The molecule has 0 spiro atoms. The van der Waals surface area contributed by atoms with Gasteiger partial charge in [0.1, 0.15) is 0 Å². The number of hydrogen-bond acceptors (Lipinski definition) is 3. The van der Waals surface area contributed by atoms with Crippen LogP contribution in [-0.2, 0) is 14.8 Å². The van der Waals surface area contributed by atoms with E-state index in [-0.39, 0.29) is 5.91 Å². The molecule has 3 rings (SSSR count). The Bertz CT molecular complexity index is 756. The topological polar surface area (TPSA) is 62.1 Å². The number of amides is 1. The average molecular weight is 393 g/mol. The summed E-state index contributed by atoms with van der Waals surface area (Å²) in [6, 6.07) is 9.39. The molecule has 1 aromatic rings. The molecule has 2 heterocycles. The summed E-state index contributed by atoms with van der Waals surface area (Å²) in [6.45, 7) is 6.57. The monoisotopic (exact) mass is 392 g/mol. The predicted octanol–water partition coefficient (Wildman–Crippen LogP) is 0.446. The molecule has 2 atom stereocenters. The summed E-state index contributed by atoms with van der Waals surface area (Å²) in [7, 11) is -3.46. The lowest BCUT2D eigenvalue weighted by Crippen LogP contribution is -3.14. The first-order chi connectivity index (χ1) is 12.9. The minimum atomic E-state index is -3.46. The molecular formula is C20H30N3O3S+. The van der Waals surface area contributed by atoms with Crippen molar-refractivity contribution in [2.75, 3.05) is 45.8 Å². The van der Waals surface area contributed by atoms with E-state index in [9.17, 15) is 13.2 Å². The predicted molar refractivity (Wildman–Crippen MR) is 107 cm³/mol. The molecule has 2 aliphatic heterocycles. The Morgan fingerprint density at radius 2 is 1.89 bits per heavy atom. The van der Waals surface area contributed by atoms with Gasteiger partial charge in [-0.25, -0.2) is 8.42 Å². The Labute approximate surface area is 162 Å². The number of benzene rings is 1. The number of rotatable bonds is 5. The van der Waals surface area contributed by atoms with Gasteiger partial charge in [0, 0.05) is 37.5 Å². The van der Waals surface area contributed by atoms with Crippen LogP contribution in [0.2, 0.25) is 0 Å². The van der Waals surface area contributed by atoms with Crippen LogP contribution in [0.1, 0.15) is 25.3 Å².